The van der Waals surface area contributed by atoms with E-state index in [1.54, 1.807) is 42.6 Å². The molecule has 2 aromatic rings. The number of hydrogen-bond donors (Lipinski definition) is 1. The van der Waals surface area contributed by atoms with Crippen molar-refractivity contribution in [3.63, 3.8) is 0 Å². The topological polar surface area (TPSA) is 86.1 Å². The number of anilines is 1. The van der Waals surface area contributed by atoms with E-state index in [1.807, 2.05) is 0 Å². The molecule has 24 heavy (non-hydrogen) atoms. The zero-order chi connectivity index (χ0) is 17.0. The van der Waals surface area contributed by atoms with Crippen LogP contribution in [0.15, 0.2) is 47.5 Å². The highest BCUT2D eigenvalue weighted by molar-refractivity contribution is 7.89. The Hall–Kier alpha value is -2.43. The summed E-state index contributed by atoms with van der Waals surface area (Å²) in [7, 11) is -3.38. The van der Waals surface area contributed by atoms with Gasteiger partial charge in [-0.05, 0) is 42.7 Å². The molecule has 0 amide bonds. The Morgan fingerprint density at radius 1 is 1.17 bits per heavy atom. The first kappa shape index (κ1) is 16.4. The zero-order valence-corrected chi connectivity index (χ0v) is 14.0. The van der Waals surface area contributed by atoms with E-state index in [9.17, 15) is 8.42 Å². The molecule has 1 saturated heterocycles. The van der Waals surface area contributed by atoms with Crippen molar-refractivity contribution in [1.29, 1.82) is 5.26 Å². The van der Waals surface area contributed by atoms with Crippen LogP contribution in [0, 0.1) is 11.3 Å². The summed E-state index contributed by atoms with van der Waals surface area (Å²) in [5.74, 6) is 0.522. The summed E-state index contributed by atoms with van der Waals surface area (Å²) in [5.41, 5.74) is 1.40. The third-order valence-corrected chi connectivity index (χ3v) is 5.93. The maximum atomic E-state index is 12.5. The zero-order valence-electron chi connectivity index (χ0n) is 13.1. The Kier molecular flexibility index (Phi) is 4.79. The summed E-state index contributed by atoms with van der Waals surface area (Å²) < 4.78 is 26.5. The first-order valence-electron chi connectivity index (χ1n) is 7.79. The Morgan fingerprint density at radius 2 is 1.88 bits per heavy atom. The minimum absolute atomic E-state index is 0.323. The lowest BCUT2D eigenvalue weighted by molar-refractivity contribution is 0.477. The molecular formula is C17H18N4O2S. The minimum atomic E-state index is -3.38. The van der Waals surface area contributed by atoms with E-state index in [1.165, 1.54) is 4.31 Å². The quantitative estimate of drug-likeness (QED) is 0.901. The van der Waals surface area contributed by atoms with Gasteiger partial charge in [-0.2, -0.15) is 9.57 Å². The Bertz CT molecular complexity index is 851. The molecule has 6 nitrogen and oxygen atoms in total. The van der Waals surface area contributed by atoms with Gasteiger partial charge in [0.25, 0.3) is 0 Å². The molecular weight excluding hydrogens is 324 g/mol. The van der Waals surface area contributed by atoms with Gasteiger partial charge in [-0.15, -0.1) is 0 Å². The second-order valence-electron chi connectivity index (χ2n) is 5.62. The summed E-state index contributed by atoms with van der Waals surface area (Å²) in [5, 5.41) is 12.1. The number of nitriles is 1. The first-order valence-corrected chi connectivity index (χ1v) is 9.23. The number of nitrogens with one attached hydrogen (secondary N) is 1. The molecule has 0 radical (unpaired) electrons. The van der Waals surface area contributed by atoms with Crippen LogP contribution in [0.3, 0.4) is 0 Å². The fourth-order valence-corrected chi connectivity index (χ4v) is 4.20. The van der Waals surface area contributed by atoms with Crippen LogP contribution in [-0.4, -0.2) is 30.8 Å². The monoisotopic (exact) mass is 342 g/mol. The van der Waals surface area contributed by atoms with E-state index in [0.717, 1.165) is 18.4 Å². The van der Waals surface area contributed by atoms with Gasteiger partial charge in [0, 0.05) is 25.8 Å². The maximum absolute atomic E-state index is 12.5. The van der Waals surface area contributed by atoms with Crippen LogP contribution in [0.5, 0.6) is 0 Å². The molecule has 0 bridgehead atoms. The van der Waals surface area contributed by atoms with Crippen LogP contribution in [0.1, 0.15) is 24.0 Å². The van der Waals surface area contributed by atoms with Crippen molar-refractivity contribution < 1.29 is 8.42 Å². The standard InChI is InChI=1S/C17H18N4O2S/c18-12-15-4-3-9-19-17(15)20-13-14-5-7-16(8-6-14)24(22,23)21-10-1-2-11-21/h3-9H,1-2,10-11,13H2,(H,19,20). The summed E-state index contributed by atoms with van der Waals surface area (Å²) in [6, 6.07) is 12.3. The summed E-state index contributed by atoms with van der Waals surface area (Å²) in [6.07, 6.45) is 3.47. The number of pyridine rings is 1. The van der Waals surface area contributed by atoms with E-state index in [2.05, 4.69) is 16.4 Å². The Balaban J connectivity index is 1.70. The molecule has 0 atom stereocenters. The molecule has 1 N–H and O–H groups in total. The normalized spacial score (nSPS) is 15.1. The predicted octanol–water partition coefficient (Wildman–Crippen LogP) is 2.35. The molecule has 0 spiro atoms. The van der Waals surface area contributed by atoms with Gasteiger partial charge in [0.15, 0.2) is 0 Å². The summed E-state index contributed by atoms with van der Waals surface area (Å²) in [4.78, 5) is 4.46. The Labute approximate surface area is 141 Å². The number of aromatic nitrogens is 1. The lowest BCUT2D eigenvalue weighted by atomic mass is 10.2. The highest BCUT2D eigenvalue weighted by atomic mass is 32.2. The third-order valence-electron chi connectivity index (χ3n) is 4.01. The number of nitrogens with zero attached hydrogens (tertiary/aromatic N) is 3. The van der Waals surface area contributed by atoms with Gasteiger partial charge in [0.2, 0.25) is 10.0 Å². The van der Waals surface area contributed by atoms with Crippen LogP contribution in [0.25, 0.3) is 0 Å². The summed E-state index contributed by atoms with van der Waals surface area (Å²) >= 11 is 0. The van der Waals surface area contributed by atoms with Crippen LogP contribution in [0.2, 0.25) is 0 Å². The molecule has 1 aromatic carbocycles. The number of sulfonamides is 1. The number of rotatable bonds is 5. The molecule has 3 rings (SSSR count). The van der Waals surface area contributed by atoms with Crippen LogP contribution >= 0.6 is 0 Å². The first-order chi connectivity index (χ1) is 11.6. The second-order valence-corrected chi connectivity index (χ2v) is 7.56. The van der Waals surface area contributed by atoms with Gasteiger partial charge in [0.05, 0.1) is 10.5 Å². The SMILES string of the molecule is N#Cc1cccnc1NCc1ccc(S(=O)(=O)N2CCCC2)cc1. The average molecular weight is 342 g/mol. The van der Waals surface area contributed by atoms with Crippen molar-refractivity contribution >= 4 is 15.8 Å². The lowest BCUT2D eigenvalue weighted by Gasteiger charge is -2.15. The van der Waals surface area contributed by atoms with Crippen molar-refractivity contribution in [1.82, 2.24) is 9.29 Å². The highest BCUT2D eigenvalue weighted by Crippen LogP contribution is 2.21. The fourth-order valence-electron chi connectivity index (χ4n) is 2.68. The van der Waals surface area contributed by atoms with E-state index in [0.29, 0.717) is 35.9 Å². The highest BCUT2D eigenvalue weighted by Gasteiger charge is 2.26. The van der Waals surface area contributed by atoms with Gasteiger partial charge in [0.1, 0.15) is 11.9 Å². The van der Waals surface area contributed by atoms with Gasteiger partial charge in [-0.25, -0.2) is 13.4 Å². The van der Waals surface area contributed by atoms with E-state index < -0.39 is 10.0 Å². The molecule has 1 aliphatic rings. The van der Waals surface area contributed by atoms with E-state index >= 15 is 0 Å². The predicted molar refractivity (Wildman–Crippen MR) is 90.7 cm³/mol. The average Bonchev–Trinajstić information content (AvgIpc) is 3.16. The fraction of sp³-hybridized carbons (Fsp3) is 0.294. The van der Waals surface area contributed by atoms with Gasteiger partial charge in [-0.1, -0.05) is 12.1 Å². The molecule has 0 saturated carbocycles. The Morgan fingerprint density at radius 3 is 2.54 bits per heavy atom. The number of benzene rings is 1. The maximum Gasteiger partial charge on any atom is 0.243 e. The van der Waals surface area contributed by atoms with E-state index in [4.69, 9.17) is 5.26 Å². The van der Waals surface area contributed by atoms with Crippen molar-refractivity contribution in [2.75, 3.05) is 18.4 Å². The molecule has 1 aromatic heterocycles. The van der Waals surface area contributed by atoms with Crippen molar-refractivity contribution in [3.8, 4) is 6.07 Å². The number of hydrogen-bond acceptors (Lipinski definition) is 5. The van der Waals surface area contributed by atoms with Crippen molar-refractivity contribution in [2.45, 2.75) is 24.3 Å². The summed E-state index contributed by atoms with van der Waals surface area (Å²) in [6.45, 7) is 1.67. The van der Waals surface area contributed by atoms with Crippen molar-refractivity contribution in [3.05, 3.63) is 53.7 Å². The van der Waals surface area contributed by atoms with Crippen LogP contribution in [0.4, 0.5) is 5.82 Å². The molecule has 124 valence electrons. The van der Waals surface area contributed by atoms with Crippen LogP contribution in [-0.2, 0) is 16.6 Å². The molecule has 0 aliphatic carbocycles. The van der Waals surface area contributed by atoms with Gasteiger partial charge in [-0.3, -0.25) is 0 Å². The van der Waals surface area contributed by atoms with Gasteiger partial charge >= 0.3 is 0 Å². The molecule has 0 unspecified atom stereocenters. The molecule has 1 fully saturated rings. The largest absolute Gasteiger partial charge is 0.365 e. The second kappa shape index (κ2) is 6.99. The third kappa shape index (κ3) is 3.40. The van der Waals surface area contributed by atoms with Gasteiger partial charge < -0.3 is 5.32 Å². The molecule has 2 heterocycles. The van der Waals surface area contributed by atoms with E-state index in [-0.39, 0.29) is 0 Å². The minimum Gasteiger partial charge on any atom is -0.365 e. The molecule has 1 aliphatic heterocycles. The molecule has 7 heteroatoms. The smallest absolute Gasteiger partial charge is 0.243 e. The lowest BCUT2D eigenvalue weighted by Crippen LogP contribution is -2.27. The van der Waals surface area contributed by atoms with Crippen LogP contribution < -0.4 is 5.32 Å². The van der Waals surface area contributed by atoms with Crippen molar-refractivity contribution in [2.24, 2.45) is 0 Å².